The van der Waals surface area contributed by atoms with E-state index in [0.717, 1.165) is 31.2 Å². The summed E-state index contributed by atoms with van der Waals surface area (Å²) in [5.41, 5.74) is 1.31. The van der Waals surface area contributed by atoms with Crippen molar-refractivity contribution in [1.82, 2.24) is 9.62 Å². The van der Waals surface area contributed by atoms with Crippen molar-refractivity contribution in [2.45, 2.75) is 42.7 Å². The van der Waals surface area contributed by atoms with Crippen LogP contribution in [0.1, 0.15) is 47.6 Å². The lowest BCUT2D eigenvalue weighted by molar-refractivity contribution is 0.0735. The monoisotopic (exact) mass is 458 g/mol. The van der Waals surface area contributed by atoms with E-state index in [4.69, 9.17) is 14.2 Å². The number of nitrogens with one attached hydrogen (secondary N) is 1. The molecule has 0 radical (unpaired) electrons. The van der Waals surface area contributed by atoms with E-state index >= 15 is 0 Å². The van der Waals surface area contributed by atoms with Crippen molar-refractivity contribution in [1.29, 1.82) is 0 Å². The first-order valence-electron chi connectivity index (χ1n) is 10.9. The molecule has 1 atom stereocenters. The molecule has 2 aliphatic heterocycles. The van der Waals surface area contributed by atoms with Gasteiger partial charge in [-0.2, -0.15) is 0 Å². The van der Waals surface area contributed by atoms with Gasteiger partial charge in [-0.25, -0.2) is 13.1 Å². The van der Waals surface area contributed by atoms with Crippen LogP contribution < -0.4 is 18.9 Å². The van der Waals surface area contributed by atoms with Gasteiger partial charge in [0, 0.05) is 18.2 Å². The number of ether oxygens (including phenoxy) is 3. The first-order valence-corrected chi connectivity index (χ1v) is 12.4. The van der Waals surface area contributed by atoms with Crippen LogP contribution in [0.4, 0.5) is 0 Å². The normalized spacial score (nSPS) is 20.3. The Morgan fingerprint density at radius 3 is 2.59 bits per heavy atom. The Hall–Kier alpha value is -2.78. The fraction of sp³-hybridized carbons (Fsp3) is 0.435. The van der Waals surface area contributed by atoms with Gasteiger partial charge in [-0.1, -0.05) is 6.07 Å². The number of amides is 1. The van der Waals surface area contributed by atoms with Crippen LogP contribution in [0, 0.1) is 0 Å². The minimum atomic E-state index is -3.77. The molecule has 1 saturated heterocycles. The largest absolute Gasteiger partial charge is 0.495 e. The van der Waals surface area contributed by atoms with Gasteiger partial charge >= 0.3 is 0 Å². The molecule has 32 heavy (non-hydrogen) atoms. The van der Waals surface area contributed by atoms with E-state index in [0.29, 0.717) is 36.8 Å². The minimum Gasteiger partial charge on any atom is -0.495 e. The second-order valence-electron chi connectivity index (χ2n) is 8.32. The van der Waals surface area contributed by atoms with Gasteiger partial charge in [0.1, 0.15) is 23.9 Å². The van der Waals surface area contributed by atoms with E-state index in [1.807, 2.05) is 18.2 Å². The molecule has 9 heteroatoms. The molecule has 1 saturated carbocycles. The quantitative estimate of drug-likeness (QED) is 0.715. The second-order valence-corrected chi connectivity index (χ2v) is 10.0. The highest BCUT2D eigenvalue weighted by atomic mass is 32.2. The first kappa shape index (κ1) is 21.1. The summed E-state index contributed by atoms with van der Waals surface area (Å²) in [4.78, 5) is 15.2. The maximum Gasteiger partial charge on any atom is 0.254 e. The number of sulfonamides is 1. The van der Waals surface area contributed by atoms with Gasteiger partial charge in [-0.3, -0.25) is 4.79 Å². The van der Waals surface area contributed by atoms with Crippen LogP contribution in [-0.2, 0) is 10.0 Å². The molecule has 8 nitrogen and oxygen atoms in total. The molecule has 1 amide bonds. The van der Waals surface area contributed by atoms with Crippen LogP contribution in [0.3, 0.4) is 0 Å². The molecular formula is C23H26N2O6S. The highest BCUT2D eigenvalue weighted by molar-refractivity contribution is 7.89. The third-order valence-corrected chi connectivity index (χ3v) is 7.61. The molecule has 1 aliphatic carbocycles. The van der Waals surface area contributed by atoms with Gasteiger partial charge in [0.15, 0.2) is 11.5 Å². The second kappa shape index (κ2) is 8.29. The van der Waals surface area contributed by atoms with Crippen molar-refractivity contribution in [2.24, 2.45) is 0 Å². The van der Waals surface area contributed by atoms with Crippen LogP contribution in [-0.4, -0.2) is 52.1 Å². The van der Waals surface area contributed by atoms with Gasteiger partial charge in [0.2, 0.25) is 10.0 Å². The number of hydrogen-bond donors (Lipinski definition) is 1. The fourth-order valence-electron chi connectivity index (χ4n) is 4.29. The Morgan fingerprint density at radius 2 is 1.84 bits per heavy atom. The summed E-state index contributed by atoms with van der Waals surface area (Å²) in [6, 6.07) is 10.2. The molecule has 2 heterocycles. The SMILES string of the molecule is COc1ccc(C(=O)N2CCC[C@H]2c2ccc3c(c2)OCCO3)cc1S(=O)(=O)NC1CC1. The van der Waals surface area contributed by atoms with E-state index in [9.17, 15) is 13.2 Å². The first-order chi connectivity index (χ1) is 15.5. The number of methoxy groups -OCH3 is 1. The molecule has 0 spiro atoms. The summed E-state index contributed by atoms with van der Waals surface area (Å²) < 4.78 is 44.9. The number of rotatable bonds is 6. The summed E-state index contributed by atoms with van der Waals surface area (Å²) in [5.74, 6) is 1.42. The maximum atomic E-state index is 13.4. The van der Waals surface area contributed by atoms with Crippen LogP contribution in [0.2, 0.25) is 0 Å². The number of carbonyl (C=O) groups excluding carboxylic acids is 1. The van der Waals surface area contributed by atoms with Crippen molar-refractivity contribution in [2.75, 3.05) is 26.9 Å². The van der Waals surface area contributed by atoms with Gasteiger partial charge < -0.3 is 19.1 Å². The molecule has 2 aromatic rings. The van der Waals surface area contributed by atoms with E-state index in [1.54, 1.807) is 17.0 Å². The Morgan fingerprint density at radius 1 is 1.06 bits per heavy atom. The fourth-order valence-corrected chi connectivity index (χ4v) is 5.79. The Bertz CT molecular complexity index is 1150. The van der Waals surface area contributed by atoms with E-state index in [-0.39, 0.29) is 28.6 Å². The summed E-state index contributed by atoms with van der Waals surface area (Å²) in [7, 11) is -2.35. The third kappa shape index (κ3) is 4.02. The Kier molecular flexibility index (Phi) is 5.46. The summed E-state index contributed by atoms with van der Waals surface area (Å²) in [6.45, 7) is 1.63. The van der Waals surface area contributed by atoms with Crippen molar-refractivity contribution in [3.05, 3.63) is 47.5 Å². The molecule has 2 aromatic carbocycles. The van der Waals surface area contributed by atoms with Gasteiger partial charge in [-0.05, 0) is 61.6 Å². The smallest absolute Gasteiger partial charge is 0.254 e. The lowest BCUT2D eigenvalue weighted by Gasteiger charge is -2.27. The number of hydrogen-bond acceptors (Lipinski definition) is 6. The number of carbonyl (C=O) groups is 1. The van der Waals surface area contributed by atoms with Crippen molar-refractivity contribution < 1.29 is 27.4 Å². The molecule has 170 valence electrons. The highest BCUT2D eigenvalue weighted by Crippen LogP contribution is 2.39. The van der Waals surface area contributed by atoms with Gasteiger partial charge in [0.25, 0.3) is 5.91 Å². The lowest BCUT2D eigenvalue weighted by atomic mass is 10.0. The topological polar surface area (TPSA) is 94.2 Å². The molecule has 5 rings (SSSR count). The predicted octanol–water partition coefficient (Wildman–Crippen LogP) is 2.88. The number of nitrogens with zero attached hydrogens (tertiary/aromatic N) is 1. The maximum absolute atomic E-state index is 13.4. The van der Waals surface area contributed by atoms with Crippen LogP contribution in [0.5, 0.6) is 17.2 Å². The average Bonchev–Trinajstić information content (AvgIpc) is 3.47. The van der Waals surface area contributed by atoms with Crippen molar-refractivity contribution >= 4 is 15.9 Å². The number of likely N-dealkylation sites (tertiary alicyclic amines) is 1. The Labute approximate surface area is 187 Å². The van der Waals surface area contributed by atoms with Crippen LogP contribution in [0.25, 0.3) is 0 Å². The van der Waals surface area contributed by atoms with Crippen molar-refractivity contribution in [3.63, 3.8) is 0 Å². The molecule has 3 aliphatic rings. The zero-order valence-corrected chi connectivity index (χ0v) is 18.7. The Balaban J connectivity index is 1.43. The van der Waals surface area contributed by atoms with Gasteiger partial charge in [0.05, 0.1) is 13.2 Å². The molecule has 0 unspecified atom stereocenters. The summed E-state index contributed by atoms with van der Waals surface area (Å²) in [5, 5.41) is 0. The average molecular weight is 459 g/mol. The zero-order valence-electron chi connectivity index (χ0n) is 17.9. The summed E-state index contributed by atoms with van der Waals surface area (Å²) >= 11 is 0. The molecule has 0 aromatic heterocycles. The summed E-state index contributed by atoms with van der Waals surface area (Å²) in [6.07, 6.45) is 3.35. The molecule has 1 N–H and O–H groups in total. The van der Waals surface area contributed by atoms with Crippen LogP contribution in [0.15, 0.2) is 41.3 Å². The molecular weight excluding hydrogens is 432 g/mol. The van der Waals surface area contributed by atoms with E-state index < -0.39 is 10.0 Å². The standard InChI is InChI=1S/C23H26N2O6S/c1-29-20-9-5-16(14-22(20)32(27,28)24-17-6-7-17)23(26)25-10-2-3-18(25)15-4-8-19-21(13-15)31-12-11-30-19/h4-5,8-9,13-14,17-18,24H,2-3,6-7,10-12H2,1H3/t18-/m0/s1. The number of fused-ring (bicyclic) bond motifs is 1. The highest BCUT2D eigenvalue weighted by Gasteiger charge is 2.34. The predicted molar refractivity (Wildman–Crippen MR) is 117 cm³/mol. The molecule has 0 bridgehead atoms. The minimum absolute atomic E-state index is 0.00664. The zero-order chi connectivity index (χ0) is 22.3. The van der Waals surface area contributed by atoms with Crippen molar-refractivity contribution in [3.8, 4) is 17.2 Å². The third-order valence-electron chi connectivity index (χ3n) is 6.06. The molecule has 2 fully saturated rings. The van der Waals surface area contributed by atoms with E-state index in [2.05, 4.69) is 4.72 Å². The lowest BCUT2D eigenvalue weighted by Crippen LogP contribution is -2.31. The van der Waals surface area contributed by atoms with Gasteiger partial charge in [-0.15, -0.1) is 0 Å². The van der Waals surface area contributed by atoms with E-state index in [1.165, 1.54) is 13.2 Å². The number of benzene rings is 2. The van der Waals surface area contributed by atoms with Crippen LogP contribution >= 0.6 is 0 Å².